The second kappa shape index (κ2) is 10.5. The fraction of sp³-hybridized carbons (Fsp3) is 0.909. The SMILES string of the molecule is CCNC(=O)CCCCCCCCN. The Morgan fingerprint density at radius 1 is 1.07 bits per heavy atom. The summed E-state index contributed by atoms with van der Waals surface area (Å²) in [6.45, 7) is 3.50. The van der Waals surface area contributed by atoms with E-state index in [4.69, 9.17) is 5.73 Å². The number of hydrogen-bond donors (Lipinski definition) is 2. The molecule has 0 saturated carbocycles. The van der Waals surface area contributed by atoms with Crippen LogP contribution in [0.3, 0.4) is 0 Å². The second-order valence-electron chi connectivity index (χ2n) is 3.61. The van der Waals surface area contributed by atoms with E-state index in [1.807, 2.05) is 6.92 Å². The van der Waals surface area contributed by atoms with E-state index in [0.29, 0.717) is 6.42 Å². The highest BCUT2D eigenvalue weighted by Gasteiger charge is 1.98. The van der Waals surface area contributed by atoms with Gasteiger partial charge in [-0.3, -0.25) is 4.79 Å². The van der Waals surface area contributed by atoms with Crippen molar-refractivity contribution < 1.29 is 4.79 Å². The van der Waals surface area contributed by atoms with Gasteiger partial charge in [-0.1, -0.05) is 25.7 Å². The van der Waals surface area contributed by atoms with Crippen molar-refractivity contribution in [2.75, 3.05) is 13.1 Å². The summed E-state index contributed by atoms with van der Waals surface area (Å²) < 4.78 is 0. The van der Waals surface area contributed by atoms with Crippen molar-refractivity contribution in [2.45, 2.75) is 51.9 Å². The lowest BCUT2D eigenvalue weighted by Gasteiger charge is -2.02. The zero-order valence-electron chi connectivity index (χ0n) is 9.35. The van der Waals surface area contributed by atoms with Gasteiger partial charge in [0.15, 0.2) is 0 Å². The molecule has 0 aliphatic heterocycles. The molecular formula is C11H24N2O. The Hall–Kier alpha value is -0.570. The number of unbranched alkanes of at least 4 members (excludes halogenated alkanes) is 5. The first-order valence-electron chi connectivity index (χ1n) is 5.78. The van der Waals surface area contributed by atoms with Crippen LogP contribution < -0.4 is 11.1 Å². The Bertz CT molecular complexity index is 137. The van der Waals surface area contributed by atoms with Crippen molar-refractivity contribution in [1.82, 2.24) is 5.32 Å². The second-order valence-corrected chi connectivity index (χ2v) is 3.61. The van der Waals surface area contributed by atoms with Gasteiger partial charge in [0, 0.05) is 13.0 Å². The Morgan fingerprint density at radius 3 is 2.21 bits per heavy atom. The first kappa shape index (κ1) is 13.4. The Labute approximate surface area is 87.4 Å². The summed E-state index contributed by atoms with van der Waals surface area (Å²) in [5.41, 5.74) is 5.39. The minimum Gasteiger partial charge on any atom is -0.356 e. The summed E-state index contributed by atoms with van der Waals surface area (Å²) in [6.07, 6.45) is 7.74. The third-order valence-electron chi connectivity index (χ3n) is 2.23. The van der Waals surface area contributed by atoms with Crippen molar-refractivity contribution in [3.05, 3.63) is 0 Å². The number of nitrogens with two attached hydrogens (primary N) is 1. The molecule has 14 heavy (non-hydrogen) atoms. The summed E-state index contributed by atoms with van der Waals surface area (Å²) in [7, 11) is 0. The first-order chi connectivity index (χ1) is 6.81. The van der Waals surface area contributed by atoms with Crippen molar-refractivity contribution in [2.24, 2.45) is 5.73 Å². The first-order valence-corrected chi connectivity index (χ1v) is 5.78. The number of nitrogens with one attached hydrogen (secondary N) is 1. The summed E-state index contributed by atoms with van der Waals surface area (Å²) in [4.78, 5) is 11.1. The van der Waals surface area contributed by atoms with Crippen LogP contribution in [0.5, 0.6) is 0 Å². The maximum absolute atomic E-state index is 11.1. The molecule has 0 aromatic rings. The molecule has 0 atom stereocenters. The smallest absolute Gasteiger partial charge is 0.219 e. The molecule has 0 bridgehead atoms. The maximum Gasteiger partial charge on any atom is 0.219 e. The molecule has 0 unspecified atom stereocenters. The van der Waals surface area contributed by atoms with E-state index in [1.54, 1.807) is 0 Å². The van der Waals surface area contributed by atoms with Crippen molar-refractivity contribution in [3.63, 3.8) is 0 Å². The lowest BCUT2D eigenvalue weighted by molar-refractivity contribution is -0.121. The maximum atomic E-state index is 11.1. The topological polar surface area (TPSA) is 55.1 Å². The monoisotopic (exact) mass is 200 g/mol. The van der Waals surface area contributed by atoms with E-state index in [2.05, 4.69) is 5.32 Å². The molecular weight excluding hydrogens is 176 g/mol. The number of carbonyl (C=O) groups excluding carboxylic acids is 1. The van der Waals surface area contributed by atoms with E-state index >= 15 is 0 Å². The van der Waals surface area contributed by atoms with Gasteiger partial charge in [-0.2, -0.15) is 0 Å². The van der Waals surface area contributed by atoms with Crippen LogP contribution in [0.25, 0.3) is 0 Å². The Balaban J connectivity index is 3.01. The van der Waals surface area contributed by atoms with Crippen LogP contribution in [0.4, 0.5) is 0 Å². The third-order valence-corrected chi connectivity index (χ3v) is 2.23. The molecule has 0 radical (unpaired) electrons. The number of rotatable bonds is 9. The van der Waals surface area contributed by atoms with Crippen molar-refractivity contribution >= 4 is 5.91 Å². The Morgan fingerprint density at radius 2 is 1.64 bits per heavy atom. The average Bonchev–Trinajstić information content (AvgIpc) is 2.17. The van der Waals surface area contributed by atoms with Crippen molar-refractivity contribution in [1.29, 1.82) is 0 Å². The van der Waals surface area contributed by atoms with Gasteiger partial charge in [0.25, 0.3) is 0 Å². The molecule has 0 heterocycles. The van der Waals surface area contributed by atoms with Gasteiger partial charge in [-0.25, -0.2) is 0 Å². The van der Waals surface area contributed by atoms with E-state index in [0.717, 1.165) is 25.9 Å². The predicted octanol–water partition coefficient (Wildman–Crippen LogP) is 1.81. The molecule has 0 aliphatic carbocycles. The molecule has 84 valence electrons. The highest BCUT2D eigenvalue weighted by molar-refractivity contribution is 5.75. The molecule has 0 spiro atoms. The van der Waals surface area contributed by atoms with Crippen LogP contribution >= 0.6 is 0 Å². The summed E-state index contributed by atoms with van der Waals surface area (Å²) in [6, 6.07) is 0. The van der Waals surface area contributed by atoms with Gasteiger partial charge in [-0.05, 0) is 26.3 Å². The zero-order chi connectivity index (χ0) is 10.6. The van der Waals surface area contributed by atoms with Gasteiger partial charge in [0.1, 0.15) is 0 Å². The van der Waals surface area contributed by atoms with Crippen LogP contribution in [0.1, 0.15) is 51.9 Å². The quantitative estimate of drug-likeness (QED) is 0.558. The summed E-state index contributed by atoms with van der Waals surface area (Å²) in [5.74, 6) is 0.189. The van der Waals surface area contributed by atoms with E-state index < -0.39 is 0 Å². The number of carbonyl (C=O) groups is 1. The van der Waals surface area contributed by atoms with Gasteiger partial charge in [0.2, 0.25) is 5.91 Å². The molecule has 0 rings (SSSR count). The van der Waals surface area contributed by atoms with Gasteiger partial charge in [0.05, 0.1) is 0 Å². The third kappa shape index (κ3) is 9.52. The minimum absolute atomic E-state index is 0.189. The molecule has 0 aliphatic rings. The highest BCUT2D eigenvalue weighted by atomic mass is 16.1. The lowest BCUT2D eigenvalue weighted by atomic mass is 10.1. The molecule has 0 fully saturated rings. The van der Waals surface area contributed by atoms with Gasteiger partial charge < -0.3 is 11.1 Å². The van der Waals surface area contributed by atoms with Crippen LogP contribution in [0.2, 0.25) is 0 Å². The molecule has 3 nitrogen and oxygen atoms in total. The van der Waals surface area contributed by atoms with Crippen LogP contribution in [-0.4, -0.2) is 19.0 Å². The minimum atomic E-state index is 0.189. The van der Waals surface area contributed by atoms with Crippen LogP contribution in [0.15, 0.2) is 0 Å². The van der Waals surface area contributed by atoms with Gasteiger partial charge in [-0.15, -0.1) is 0 Å². The molecule has 1 amide bonds. The average molecular weight is 200 g/mol. The number of amides is 1. The summed E-state index contributed by atoms with van der Waals surface area (Å²) >= 11 is 0. The standard InChI is InChI=1S/C11H24N2O/c1-2-13-11(14)9-7-5-3-4-6-8-10-12/h2-10,12H2,1H3,(H,13,14). The summed E-state index contributed by atoms with van der Waals surface area (Å²) in [5, 5.41) is 2.80. The van der Waals surface area contributed by atoms with Crippen molar-refractivity contribution in [3.8, 4) is 0 Å². The Kier molecular flexibility index (Phi) is 10.1. The fourth-order valence-electron chi connectivity index (χ4n) is 1.42. The number of hydrogen-bond acceptors (Lipinski definition) is 2. The van der Waals surface area contributed by atoms with E-state index in [-0.39, 0.29) is 5.91 Å². The molecule has 3 heteroatoms. The van der Waals surface area contributed by atoms with Crippen LogP contribution in [-0.2, 0) is 4.79 Å². The lowest BCUT2D eigenvalue weighted by Crippen LogP contribution is -2.21. The van der Waals surface area contributed by atoms with E-state index in [9.17, 15) is 4.79 Å². The molecule has 3 N–H and O–H groups in total. The zero-order valence-corrected chi connectivity index (χ0v) is 9.35. The van der Waals surface area contributed by atoms with Crippen LogP contribution in [0, 0.1) is 0 Å². The fourth-order valence-corrected chi connectivity index (χ4v) is 1.42. The van der Waals surface area contributed by atoms with E-state index in [1.165, 1.54) is 25.7 Å². The molecule has 0 aromatic heterocycles. The van der Waals surface area contributed by atoms with Gasteiger partial charge >= 0.3 is 0 Å². The highest BCUT2D eigenvalue weighted by Crippen LogP contribution is 2.06. The largest absolute Gasteiger partial charge is 0.356 e. The normalized spacial score (nSPS) is 10.1. The molecule has 0 aromatic carbocycles. The molecule has 0 saturated heterocycles. The predicted molar refractivity (Wildman–Crippen MR) is 60.1 cm³/mol.